The summed E-state index contributed by atoms with van der Waals surface area (Å²) in [5, 5.41) is 9.24. The minimum absolute atomic E-state index is 0.0158. The van der Waals surface area contributed by atoms with Gasteiger partial charge in [0.25, 0.3) is 0 Å². The van der Waals surface area contributed by atoms with Crippen LogP contribution in [0.1, 0.15) is 29.6 Å². The number of rotatable bonds is 3. The Morgan fingerprint density at radius 3 is 2.95 bits per heavy atom. The second-order valence-corrected chi connectivity index (χ2v) is 8.35. The van der Waals surface area contributed by atoms with Crippen LogP contribution in [0, 0.1) is 0 Å². The van der Waals surface area contributed by atoms with E-state index in [9.17, 15) is 14.1 Å². The number of carboxylic acids is 1. The molecule has 2 aliphatic heterocycles. The van der Waals surface area contributed by atoms with Gasteiger partial charge in [0.2, 0.25) is 0 Å². The third-order valence-electron chi connectivity index (χ3n) is 4.15. The number of ether oxygens (including phenoxy) is 1. The average Bonchev–Trinajstić information content (AvgIpc) is 2.94. The van der Waals surface area contributed by atoms with Crippen molar-refractivity contribution in [3.8, 4) is 0 Å². The number of carboxylic acid groups (broad SMARTS) is 1. The Bertz CT molecular complexity index is 567. The van der Waals surface area contributed by atoms with Crippen LogP contribution in [0.3, 0.4) is 0 Å². The number of hydrogen-bond acceptors (Lipinski definition) is 4. The number of carbonyl (C=O) groups is 1. The summed E-state index contributed by atoms with van der Waals surface area (Å²) in [6.45, 7) is 0.617. The van der Waals surface area contributed by atoms with E-state index in [2.05, 4.69) is 0 Å². The van der Waals surface area contributed by atoms with Gasteiger partial charge in [0, 0.05) is 17.6 Å². The van der Waals surface area contributed by atoms with Crippen LogP contribution in [0.2, 0.25) is 0 Å². The molecule has 0 aromatic heterocycles. The van der Waals surface area contributed by atoms with Gasteiger partial charge in [-0.05, 0) is 37.1 Å². The minimum Gasteiger partial charge on any atom is -0.478 e. The molecule has 0 aliphatic carbocycles. The van der Waals surface area contributed by atoms with E-state index in [4.69, 9.17) is 4.74 Å². The number of aromatic carboxylic acids is 1. The van der Waals surface area contributed by atoms with Crippen LogP contribution in [0.25, 0.3) is 0 Å². The zero-order valence-electron chi connectivity index (χ0n) is 11.6. The van der Waals surface area contributed by atoms with Crippen molar-refractivity contribution in [2.24, 2.45) is 0 Å². The van der Waals surface area contributed by atoms with Crippen LogP contribution in [0.5, 0.6) is 0 Å². The van der Waals surface area contributed by atoms with Gasteiger partial charge in [0.15, 0.2) is 0 Å². The number of hydrogen-bond donors (Lipinski definition) is 1. The SMILES string of the molecule is O=C(O)c1ccccc1S(=O)C1CCOC2(CCSC2)C1. The maximum absolute atomic E-state index is 12.9. The van der Waals surface area contributed by atoms with Crippen molar-refractivity contribution in [2.75, 3.05) is 18.1 Å². The molecule has 6 heteroatoms. The third kappa shape index (κ3) is 3.03. The van der Waals surface area contributed by atoms with Crippen molar-refractivity contribution < 1.29 is 18.8 Å². The molecule has 3 atom stereocenters. The van der Waals surface area contributed by atoms with Gasteiger partial charge in [-0.15, -0.1) is 0 Å². The number of thioether (sulfide) groups is 1. The molecule has 4 nitrogen and oxygen atoms in total. The predicted octanol–water partition coefficient (Wildman–Crippen LogP) is 2.55. The molecule has 2 aliphatic rings. The van der Waals surface area contributed by atoms with Crippen LogP contribution in [-0.4, -0.2) is 44.2 Å². The summed E-state index contributed by atoms with van der Waals surface area (Å²) in [6, 6.07) is 6.62. The molecule has 3 unspecified atom stereocenters. The van der Waals surface area contributed by atoms with E-state index in [1.54, 1.807) is 18.2 Å². The highest BCUT2D eigenvalue weighted by molar-refractivity contribution is 7.99. The lowest BCUT2D eigenvalue weighted by molar-refractivity contribution is -0.0567. The van der Waals surface area contributed by atoms with E-state index in [0.29, 0.717) is 11.5 Å². The molecule has 1 aromatic carbocycles. The standard InChI is InChI=1S/C15H18O4S2/c16-14(17)12-3-1-2-4-13(12)21(18)11-5-7-19-15(9-11)6-8-20-10-15/h1-4,11H,5-10H2,(H,16,17). The fourth-order valence-corrected chi connectivity index (χ4v) is 6.11. The van der Waals surface area contributed by atoms with Gasteiger partial charge < -0.3 is 9.84 Å². The first kappa shape index (κ1) is 15.1. The molecule has 0 amide bonds. The smallest absolute Gasteiger partial charge is 0.336 e. The maximum Gasteiger partial charge on any atom is 0.336 e. The van der Waals surface area contributed by atoms with Crippen molar-refractivity contribution in [3.63, 3.8) is 0 Å². The molecule has 21 heavy (non-hydrogen) atoms. The normalized spacial score (nSPS) is 30.4. The van der Waals surface area contributed by atoms with Gasteiger partial charge in [-0.25, -0.2) is 4.79 Å². The number of benzene rings is 1. The van der Waals surface area contributed by atoms with E-state index in [-0.39, 0.29) is 16.4 Å². The summed E-state index contributed by atoms with van der Waals surface area (Å²) in [5.41, 5.74) is 0.0127. The lowest BCUT2D eigenvalue weighted by Gasteiger charge is -2.37. The molecule has 1 spiro atoms. The van der Waals surface area contributed by atoms with E-state index >= 15 is 0 Å². The fraction of sp³-hybridized carbons (Fsp3) is 0.533. The summed E-state index contributed by atoms with van der Waals surface area (Å²) in [6.07, 6.45) is 2.50. The Balaban J connectivity index is 1.83. The van der Waals surface area contributed by atoms with Gasteiger partial charge in [0.1, 0.15) is 0 Å². The van der Waals surface area contributed by atoms with Gasteiger partial charge in [-0.2, -0.15) is 11.8 Å². The molecule has 1 N–H and O–H groups in total. The third-order valence-corrected chi connectivity index (χ3v) is 7.17. The van der Waals surface area contributed by atoms with Crippen LogP contribution >= 0.6 is 11.8 Å². The Labute approximate surface area is 130 Å². The van der Waals surface area contributed by atoms with E-state index in [0.717, 1.165) is 30.8 Å². The quantitative estimate of drug-likeness (QED) is 0.925. The second kappa shape index (κ2) is 6.10. The summed E-state index contributed by atoms with van der Waals surface area (Å²) < 4.78 is 18.8. The first-order valence-corrected chi connectivity index (χ1v) is 9.43. The molecule has 0 radical (unpaired) electrons. The van der Waals surface area contributed by atoms with E-state index in [1.165, 1.54) is 6.07 Å². The Morgan fingerprint density at radius 2 is 2.24 bits per heavy atom. The monoisotopic (exact) mass is 326 g/mol. The molecule has 114 valence electrons. The topological polar surface area (TPSA) is 63.6 Å². The highest BCUT2D eigenvalue weighted by atomic mass is 32.2. The molecule has 3 rings (SSSR count). The summed E-state index contributed by atoms with van der Waals surface area (Å²) in [7, 11) is -1.29. The molecular weight excluding hydrogens is 308 g/mol. The first-order valence-electron chi connectivity index (χ1n) is 7.06. The van der Waals surface area contributed by atoms with E-state index < -0.39 is 16.8 Å². The molecule has 2 heterocycles. The van der Waals surface area contributed by atoms with Gasteiger partial charge in [0.05, 0.1) is 26.9 Å². The highest BCUT2D eigenvalue weighted by Crippen LogP contribution is 2.40. The zero-order valence-corrected chi connectivity index (χ0v) is 13.3. The lowest BCUT2D eigenvalue weighted by atomic mass is 9.93. The van der Waals surface area contributed by atoms with Crippen molar-refractivity contribution in [1.29, 1.82) is 0 Å². The van der Waals surface area contributed by atoms with Crippen LogP contribution < -0.4 is 0 Å². The molecule has 0 bridgehead atoms. The second-order valence-electron chi connectivity index (χ2n) is 5.55. The van der Waals surface area contributed by atoms with Gasteiger partial charge in [-0.3, -0.25) is 4.21 Å². The molecule has 1 aromatic rings. The molecule has 2 fully saturated rings. The van der Waals surface area contributed by atoms with Crippen LogP contribution in [-0.2, 0) is 15.5 Å². The van der Waals surface area contributed by atoms with Crippen molar-refractivity contribution in [3.05, 3.63) is 29.8 Å². The lowest BCUT2D eigenvalue weighted by Crippen LogP contribution is -2.43. The maximum atomic E-state index is 12.9. The van der Waals surface area contributed by atoms with Gasteiger partial charge in [-0.1, -0.05) is 12.1 Å². The van der Waals surface area contributed by atoms with Crippen LogP contribution in [0.4, 0.5) is 0 Å². The largest absolute Gasteiger partial charge is 0.478 e. The fourth-order valence-electron chi connectivity index (χ4n) is 3.03. The van der Waals surface area contributed by atoms with Crippen molar-refractivity contribution >= 4 is 28.5 Å². The van der Waals surface area contributed by atoms with E-state index in [1.807, 2.05) is 11.8 Å². The molecule has 0 saturated carbocycles. The highest BCUT2D eigenvalue weighted by Gasteiger charge is 2.42. The Morgan fingerprint density at radius 1 is 1.43 bits per heavy atom. The Hall–Kier alpha value is -0.850. The first-order chi connectivity index (χ1) is 10.1. The average molecular weight is 326 g/mol. The van der Waals surface area contributed by atoms with Gasteiger partial charge >= 0.3 is 5.97 Å². The van der Waals surface area contributed by atoms with Crippen molar-refractivity contribution in [1.82, 2.24) is 0 Å². The van der Waals surface area contributed by atoms with Crippen molar-refractivity contribution in [2.45, 2.75) is 35.0 Å². The summed E-state index contributed by atoms with van der Waals surface area (Å²) >= 11 is 1.88. The van der Waals surface area contributed by atoms with Crippen LogP contribution in [0.15, 0.2) is 29.2 Å². The minimum atomic E-state index is -1.29. The zero-order chi connectivity index (χ0) is 14.9. The summed E-state index contributed by atoms with van der Waals surface area (Å²) in [5.74, 6) is 1.03. The summed E-state index contributed by atoms with van der Waals surface area (Å²) in [4.78, 5) is 11.7. The predicted molar refractivity (Wildman–Crippen MR) is 83.5 cm³/mol. The molecule has 2 saturated heterocycles. The molecular formula is C15H18O4S2. The Kier molecular flexibility index (Phi) is 4.38.